The minimum Gasteiger partial charge on any atom is -0.466 e. The molecule has 0 bridgehead atoms. The third kappa shape index (κ3) is 4.31. The molecule has 5 heteroatoms. The maximum Gasteiger partial charge on any atom is 0.309 e. The maximum atomic E-state index is 13.4. The number of benzene rings is 2. The van der Waals surface area contributed by atoms with Crippen molar-refractivity contribution in [2.24, 2.45) is 5.92 Å². The van der Waals surface area contributed by atoms with Gasteiger partial charge in [-0.1, -0.05) is 43.3 Å². The predicted octanol–water partition coefficient (Wildman–Crippen LogP) is 4.23. The number of aromatic nitrogens is 1. The minimum absolute atomic E-state index is 0.00293. The second-order valence-corrected chi connectivity index (χ2v) is 7.99. The molecule has 160 valence electrons. The summed E-state index contributed by atoms with van der Waals surface area (Å²) in [5.74, 6) is -0.178. The Morgan fingerprint density at radius 3 is 2.48 bits per heavy atom. The van der Waals surface area contributed by atoms with Crippen LogP contribution in [0.2, 0.25) is 0 Å². The first-order chi connectivity index (χ1) is 15.1. The molecular formula is C26H29N2O3+. The van der Waals surface area contributed by atoms with E-state index in [-0.39, 0.29) is 17.7 Å². The molecule has 0 atom stereocenters. The first-order valence-electron chi connectivity index (χ1n) is 11.1. The van der Waals surface area contributed by atoms with Crippen LogP contribution in [0.15, 0.2) is 54.7 Å². The summed E-state index contributed by atoms with van der Waals surface area (Å²) in [7, 11) is 0. The molecule has 31 heavy (non-hydrogen) atoms. The van der Waals surface area contributed by atoms with E-state index in [1.165, 1.54) is 5.56 Å². The van der Waals surface area contributed by atoms with Gasteiger partial charge in [0.15, 0.2) is 6.20 Å². The molecule has 4 rings (SSSR count). The van der Waals surface area contributed by atoms with Crippen molar-refractivity contribution in [1.29, 1.82) is 0 Å². The maximum absolute atomic E-state index is 13.4. The topological polar surface area (TPSA) is 60.8 Å². The fraction of sp³-hybridized carbons (Fsp3) is 0.346. The number of ether oxygens (including phenoxy) is 1. The van der Waals surface area contributed by atoms with Crippen LogP contribution in [0.1, 0.15) is 48.2 Å². The highest BCUT2D eigenvalue weighted by atomic mass is 16.5. The number of carbonyl (C=O) groups excluding carboxylic acids is 2. The quantitative estimate of drug-likeness (QED) is 0.445. The average Bonchev–Trinajstić information content (AvgIpc) is 2.83. The lowest BCUT2D eigenvalue weighted by atomic mass is 9.93. The van der Waals surface area contributed by atoms with Gasteiger partial charge in [0.1, 0.15) is 5.56 Å². The highest BCUT2D eigenvalue weighted by molar-refractivity contribution is 6.15. The molecular weight excluding hydrogens is 388 g/mol. The molecule has 0 amide bonds. The van der Waals surface area contributed by atoms with Crippen LogP contribution in [0.3, 0.4) is 0 Å². The Hall–Kier alpha value is -3.21. The van der Waals surface area contributed by atoms with Gasteiger partial charge in [-0.05, 0) is 37.8 Å². The van der Waals surface area contributed by atoms with Crippen molar-refractivity contribution in [3.63, 3.8) is 0 Å². The fourth-order valence-electron chi connectivity index (χ4n) is 4.35. The highest BCUT2D eigenvalue weighted by Crippen LogP contribution is 2.34. The van der Waals surface area contributed by atoms with Gasteiger partial charge in [0.05, 0.1) is 23.6 Å². The molecule has 0 saturated carbocycles. The number of esters is 1. The summed E-state index contributed by atoms with van der Waals surface area (Å²) in [6.07, 6.45) is 4.21. The monoisotopic (exact) mass is 417 g/mol. The van der Waals surface area contributed by atoms with Gasteiger partial charge in [0.25, 0.3) is 0 Å². The van der Waals surface area contributed by atoms with Crippen molar-refractivity contribution in [1.82, 2.24) is 0 Å². The molecule has 1 aliphatic rings. The van der Waals surface area contributed by atoms with E-state index in [9.17, 15) is 9.59 Å². The fourth-order valence-corrected chi connectivity index (χ4v) is 4.35. The number of fused-ring (bicyclic) bond motifs is 1. The molecule has 3 aromatic rings. The Balaban J connectivity index is 1.76. The largest absolute Gasteiger partial charge is 0.466 e. The number of H-pyrrole nitrogens is 1. The van der Waals surface area contributed by atoms with Crippen molar-refractivity contribution in [2.45, 2.75) is 33.1 Å². The number of piperidine rings is 1. The zero-order chi connectivity index (χ0) is 21.8. The van der Waals surface area contributed by atoms with E-state index in [4.69, 9.17) is 4.74 Å². The van der Waals surface area contributed by atoms with Gasteiger partial charge in [0, 0.05) is 24.7 Å². The van der Waals surface area contributed by atoms with Crippen molar-refractivity contribution < 1.29 is 19.3 Å². The summed E-state index contributed by atoms with van der Waals surface area (Å²) in [5.41, 5.74) is 4.53. The third-order valence-corrected chi connectivity index (χ3v) is 6.09. The molecule has 0 spiro atoms. The second kappa shape index (κ2) is 9.29. The molecule has 1 fully saturated rings. The van der Waals surface area contributed by atoms with E-state index in [1.54, 1.807) is 0 Å². The number of pyridine rings is 1. The number of carbonyl (C=O) groups is 2. The third-order valence-electron chi connectivity index (χ3n) is 6.09. The smallest absolute Gasteiger partial charge is 0.309 e. The Morgan fingerprint density at radius 2 is 1.81 bits per heavy atom. The molecule has 0 unspecified atom stereocenters. The number of hydrogen-bond donors (Lipinski definition) is 0. The van der Waals surface area contributed by atoms with E-state index < -0.39 is 0 Å². The Morgan fingerprint density at radius 1 is 1.06 bits per heavy atom. The molecule has 0 radical (unpaired) electrons. The normalized spacial score (nSPS) is 14.6. The van der Waals surface area contributed by atoms with Crippen molar-refractivity contribution in [2.75, 3.05) is 24.6 Å². The summed E-state index contributed by atoms with van der Waals surface area (Å²) >= 11 is 0. The number of ketones is 1. The van der Waals surface area contributed by atoms with Crippen LogP contribution in [0.4, 0.5) is 5.69 Å². The standard InChI is InChI=1S/C26H28N2O3/c1-3-18-10-11-23-21(16-18)24(28-14-12-20(13-15-28)26(30)31-4-2)22(17-27-23)25(29)19-8-6-5-7-9-19/h5-11,16-17,20H,3-4,12-15H2,1-2H3/p+1. The van der Waals surface area contributed by atoms with Gasteiger partial charge >= 0.3 is 5.97 Å². The highest BCUT2D eigenvalue weighted by Gasteiger charge is 2.30. The van der Waals surface area contributed by atoms with Gasteiger partial charge < -0.3 is 9.64 Å². The predicted molar refractivity (Wildman–Crippen MR) is 121 cm³/mol. The summed E-state index contributed by atoms with van der Waals surface area (Å²) < 4.78 is 5.23. The van der Waals surface area contributed by atoms with Crippen LogP contribution >= 0.6 is 0 Å². The summed E-state index contributed by atoms with van der Waals surface area (Å²) in [6, 6.07) is 15.8. The summed E-state index contributed by atoms with van der Waals surface area (Å²) in [4.78, 5) is 31.2. The number of anilines is 1. The first-order valence-corrected chi connectivity index (χ1v) is 11.1. The Labute approximate surface area is 183 Å². The Bertz CT molecular complexity index is 1090. The van der Waals surface area contributed by atoms with Crippen LogP contribution in [-0.2, 0) is 16.0 Å². The van der Waals surface area contributed by atoms with Gasteiger partial charge in [-0.15, -0.1) is 0 Å². The van der Waals surface area contributed by atoms with Gasteiger partial charge in [0.2, 0.25) is 11.3 Å². The van der Waals surface area contributed by atoms with Crippen LogP contribution in [0.25, 0.3) is 10.9 Å². The van der Waals surface area contributed by atoms with E-state index in [1.807, 2.05) is 43.5 Å². The number of rotatable bonds is 6. The SMILES string of the molecule is CCOC(=O)C1CCN(c2c(C(=O)c3ccccc3)c[nH+]c3ccc(CC)cc23)CC1. The lowest BCUT2D eigenvalue weighted by molar-refractivity contribution is -0.344. The number of aromatic amines is 1. The lowest BCUT2D eigenvalue weighted by Crippen LogP contribution is -2.38. The molecule has 2 aromatic carbocycles. The van der Waals surface area contributed by atoms with E-state index in [0.717, 1.165) is 35.9 Å². The van der Waals surface area contributed by atoms with Crippen LogP contribution in [-0.4, -0.2) is 31.4 Å². The summed E-state index contributed by atoms with van der Waals surface area (Å²) in [5, 5.41) is 1.05. The average molecular weight is 418 g/mol. The second-order valence-electron chi connectivity index (χ2n) is 7.99. The lowest BCUT2D eigenvalue weighted by Gasteiger charge is -2.33. The molecule has 1 aromatic heterocycles. The zero-order valence-corrected chi connectivity index (χ0v) is 18.2. The van der Waals surface area contributed by atoms with E-state index >= 15 is 0 Å². The summed E-state index contributed by atoms with van der Waals surface area (Å²) in [6.45, 7) is 5.82. The first kappa shape index (κ1) is 21.0. The van der Waals surface area contributed by atoms with Crippen molar-refractivity contribution in [3.8, 4) is 0 Å². The van der Waals surface area contributed by atoms with Gasteiger partial charge in [-0.25, -0.2) is 4.98 Å². The van der Waals surface area contributed by atoms with E-state index in [0.29, 0.717) is 30.8 Å². The number of nitrogens with one attached hydrogen (secondary N) is 1. The molecule has 0 aliphatic carbocycles. The minimum atomic E-state index is -0.109. The van der Waals surface area contributed by atoms with Crippen molar-refractivity contribution in [3.05, 3.63) is 71.4 Å². The van der Waals surface area contributed by atoms with Crippen molar-refractivity contribution >= 4 is 28.3 Å². The van der Waals surface area contributed by atoms with Crippen LogP contribution in [0, 0.1) is 5.92 Å². The van der Waals surface area contributed by atoms with Gasteiger partial charge in [-0.3, -0.25) is 9.59 Å². The molecule has 1 saturated heterocycles. The number of hydrogen-bond acceptors (Lipinski definition) is 4. The van der Waals surface area contributed by atoms with Gasteiger partial charge in [-0.2, -0.15) is 0 Å². The van der Waals surface area contributed by atoms with E-state index in [2.05, 4.69) is 35.0 Å². The number of nitrogens with zero attached hydrogens (tertiary/aromatic N) is 1. The zero-order valence-electron chi connectivity index (χ0n) is 18.2. The molecule has 5 nitrogen and oxygen atoms in total. The van der Waals surface area contributed by atoms with Crippen LogP contribution < -0.4 is 9.88 Å². The molecule has 1 aliphatic heterocycles. The number of aryl methyl sites for hydroxylation is 1. The van der Waals surface area contributed by atoms with Crippen LogP contribution in [0.5, 0.6) is 0 Å². The molecule has 1 N–H and O–H groups in total. The Kier molecular flexibility index (Phi) is 6.31. The molecule has 2 heterocycles.